The highest BCUT2D eigenvalue weighted by atomic mass is 35.5. The second kappa shape index (κ2) is 6.40. The lowest BCUT2D eigenvalue weighted by molar-refractivity contribution is 0.0601. The van der Waals surface area contributed by atoms with Gasteiger partial charge in [-0.1, -0.05) is 53.6 Å². The van der Waals surface area contributed by atoms with Crippen LogP contribution in [0.1, 0.15) is 39.9 Å². The number of rotatable bonds is 2. The van der Waals surface area contributed by atoms with Crippen molar-refractivity contribution < 1.29 is 9.53 Å². The van der Waals surface area contributed by atoms with Crippen molar-refractivity contribution in [1.29, 1.82) is 0 Å². The lowest BCUT2D eigenvalue weighted by Crippen LogP contribution is -2.30. The molecule has 5 heteroatoms. The Morgan fingerprint density at radius 3 is 2.80 bits per heavy atom. The van der Waals surface area contributed by atoms with E-state index in [1.165, 1.54) is 7.11 Å². The molecule has 0 amide bonds. The van der Waals surface area contributed by atoms with Gasteiger partial charge in [0.05, 0.1) is 24.4 Å². The largest absolute Gasteiger partial charge is 0.465 e. The van der Waals surface area contributed by atoms with Gasteiger partial charge in [-0.15, -0.1) is 0 Å². The van der Waals surface area contributed by atoms with Gasteiger partial charge in [0.25, 0.3) is 0 Å². The van der Waals surface area contributed by atoms with Crippen LogP contribution in [0.2, 0.25) is 10.0 Å². The zero-order chi connectivity index (χ0) is 17.6. The Bertz CT molecular complexity index is 878. The number of carbonyl (C=O) groups is 1. The predicted molar refractivity (Wildman–Crippen MR) is 101 cm³/mol. The number of nitrogens with one attached hydrogen (secondary N) is 1. The monoisotopic (exact) mass is 373 g/mol. The number of carbonyl (C=O) groups excluding carboxylic acids is 1. The summed E-state index contributed by atoms with van der Waals surface area (Å²) in [5.74, 6) is 0.252. The molecule has 2 aromatic rings. The van der Waals surface area contributed by atoms with E-state index in [0.717, 1.165) is 23.2 Å². The first-order valence-corrected chi connectivity index (χ1v) is 8.95. The van der Waals surface area contributed by atoms with E-state index in [0.29, 0.717) is 21.5 Å². The maximum atomic E-state index is 12.2. The standard InChI is InChI=1S/C20H17Cl2NO2/c1-25-20(24)16-7-3-6-14-12-4-2-5-13(12)18(23-19(14)16)15-9-8-11(21)10-17(15)22/h2-4,6-10,12-13,18,23H,5H2,1H3. The minimum Gasteiger partial charge on any atom is -0.465 e. The summed E-state index contributed by atoms with van der Waals surface area (Å²) in [4.78, 5) is 12.2. The van der Waals surface area contributed by atoms with Gasteiger partial charge in [0.15, 0.2) is 0 Å². The van der Waals surface area contributed by atoms with E-state index in [2.05, 4.69) is 23.5 Å². The van der Waals surface area contributed by atoms with Gasteiger partial charge in [0, 0.05) is 16.0 Å². The summed E-state index contributed by atoms with van der Waals surface area (Å²) in [5.41, 5.74) is 3.50. The number of hydrogen-bond donors (Lipinski definition) is 1. The van der Waals surface area contributed by atoms with Crippen molar-refractivity contribution in [2.45, 2.75) is 18.4 Å². The van der Waals surface area contributed by atoms with Gasteiger partial charge >= 0.3 is 5.97 Å². The molecule has 0 spiro atoms. The van der Waals surface area contributed by atoms with Crippen LogP contribution in [0, 0.1) is 5.92 Å². The predicted octanol–water partition coefficient (Wildman–Crippen LogP) is 5.61. The summed E-state index contributed by atoms with van der Waals surface area (Å²) in [7, 11) is 1.40. The molecule has 0 fully saturated rings. The molecule has 2 aliphatic rings. The van der Waals surface area contributed by atoms with E-state index < -0.39 is 0 Å². The van der Waals surface area contributed by atoms with E-state index in [1.54, 1.807) is 12.1 Å². The van der Waals surface area contributed by atoms with Crippen LogP contribution in [-0.2, 0) is 4.74 Å². The maximum absolute atomic E-state index is 12.2. The van der Waals surface area contributed by atoms with Crippen molar-refractivity contribution in [2.75, 3.05) is 12.4 Å². The van der Waals surface area contributed by atoms with E-state index in [1.807, 2.05) is 18.2 Å². The Morgan fingerprint density at radius 1 is 1.20 bits per heavy atom. The molecule has 0 saturated heterocycles. The van der Waals surface area contributed by atoms with Crippen LogP contribution >= 0.6 is 23.2 Å². The van der Waals surface area contributed by atoms with Crippen LogP contribution in [-0.4, -0.2) is 13.1 Å². The molecule has 1 aliphatic heterocycles. The number of anilines is 1. The quantitative estimate of drug-likeness (QED) is 0.549. The number of ether oxygens (including phenoxy) is 1. The van der Waals surface area contributed by atoms with Crippen molar-refractivity contribution >= 4 is 34.9 Å². The topological polar surface area (TPSA) is 38.3 Å². The molecule has 2 aromatic carbocycles. The highest BCUT2D eigenvalue weighted by Gasteiger charge is 2.40. The third-order valence-electron chi connectivity index (χ3n) is 5.10. The number of methoxy groups -OCH3 is 1. The molecular formula is C20H17Cl2NO2. The SMILES string of the molecule is COC(=O)c1cccc2c1NC(c1ccc(Cl)cc1Cl)C1CC=CC21. The number of halogens is 2. The molecule has 25 heavy (non-hydrogen) atoms. The zero-order valence-electron chi connectivity index (χ0n) is 13.6. The van der Waals surface area contributed by atoms with Crippen molar-refractivity contribution in [3.8, 4) is 0 Å². The molecule has 0 bridgehead atoms. The molecule has 3 unspecified atom stereocenters. The Morgan fingerprint density at radius 2 is 2.04 bits per heavy atom. The second-order valence-corrected chi connectivity index (χ2v) is 7.25. The molecule has 0 aromatic heterocycles. The summed E-state index contributed by atoms with van der Waals surface area (Å²) in [6.45, 7) is 0. The number of fused-ring (bicyclic) bond motifs is 3. The maximum Gasteiger partial charge on any atom is 0.339 e. The first-order valence-electron chi connectivity index (χ1n) is 8.19. The van der Waals surface area contributed by atoms with Crippen LogP contribution in [0.15, 0.2) is 48.6 Å². The van der Waals surface area contributed by atoms with Crippen LogP contribution < -0.4 is 5.32 Å². The van der Waals surface area contributed by atoms with Crippen molar-refractivity contribution in [3.05, 3.63) is 75.3 Å². The Balaban J connectivity index is 1.84. The summed E-state index contributed by atoms with van der Waals surface area (Å²) >= 11 is 12.5. The average Bonchev–Trinajstić information content (AvgIpc) is 3.10. The van der Waals surface area contributed by atoms with E-state index >= 15 is 0 Å². The third kappa shape index (κ3) is 2.72. The van der Waals surface area contributed by atoms with Crippen LogP contribution in [0.25, 0.3) is 0 Å². The van der Waals surface area contributed by atoms with Crippen LogP contribution in [0.4, 0.5) is 5.69 Å². The third-order valence-corrected chi connectivity index (χ3v) is 5.66. The van der Waals surface area contributed by atoms with Gasteiger partial charge in [-0.25, -0.2) is 4.79 Å². The molecule has 4 rings (SSSR count). The minimum absolute atomic E-state index is 0.00285. The molecule has 128 valence electrons. The van der Waals surface area contributed by atoms with Crippen molar-refractivity contribution in [3.63, 3.8) is 0 Å². The number of hydrogen-bond acceptors (Lipinski definition) is 3. The molecule has 3 nitrogen and oxygen atoms in total. The molecule has 1 N–H and O–H groups in total. The fourth-order valence-corrected chi connectivity index (χ4v) is 4.49. The molecule has 0 saturated carbocycles. The van der Waals surface area contributed by atoms with Crippen LogP contribution in [0.5, 0.6) is 0 Å². The summed E-state index contributed by atoms with van der Waals surface area (Å²) in [5, 5.41) is 4.81. The van der Waals surface area contributed by atoms with Gasteiger partial charge < -0.3 is 10.1 Å². The highest BCUT2D eigenvalue weighted by molar-refractivity contribution is 6.35. The Kier molecular flexibility index (Phi) is 4.22. The summed E-state index contributed by atoms with van der Waals surface area (Å²) in [6.07, 6.45) is 5.39. The molecule has 1 aliphatic carbocycles. The van der Waals surface area contributed by atoms with E-state index in [9.17, 15) is 4.79 Å². The first-order chi connectivity index (χ1) is 12.1. The Hall–Kier alpha value is -1.97. The fourth-order valence-electron chi connectivity index (χ4n) is 3.96. The van der Waals surface area contributed by atoms with Gasteiger partial charge in [-0.05, 0) is 41.7 Å². The molecule has 1 heterocycles. The average molecular weight is 374 g/mol. The first kappa shape index (κ1) is 16.5. The number of para-hydroxylation sites is 1. The number of allylic oxidation sites excluding steroid dienone is 2. The molecule has 3 atom stereocenters. The zero-order valence-corrected chi connectivity index (χ0v) is 15.1. The lowest BCUT2D eigenvalue weighted by atomic mass is 9.76. The summed E-state index contributed by atoms with van der Waals surface area (Å²) < 4.78 is 4.95. The number of esters is 1. The Labute approximate surface area is 156 Å². The highest BCUT2D eigenvalue weighted by Crippen LogP contribution is 2.51. The molecule has 0 radical (unpaired) electrons. The summed E-state index contributed by atoms with van der Waals surface area (Å²) in [6, 6.07) is 11.3. The van der Waals surface area contributed by atoms with Gasteiger partial charge in [0.2, 0.25) is 0 Å². The fraction of sp³-hybridized carbons (Fsp3) is 0.250. The van der Waals surface area contributed by atoms with Gasteiger partial charge in [-0.3, -0.25) is 0 Å². The lowest BCUT2D eigenvalue weighted by Gasteiger charge is -2.38. The van der Waals surface area contributed by atoms with Crippen LogP contribution in [0.3, 0.4) is 0 Å². The number of benzene rings is 2. The second-order valence-electron chi connectivity index (χ2n) is 6.40. The molecular weight excluding hydrogens is 357 g/mol. The van der Waals surface area contributed by atoms with Gasteiger partial charge in [0.1, 0.15) is 0 Å². The minimum atomic E-state index is -0.342. The smallest absolute Gasteiger partial charge is 0.339 e. The van der Waals surface area contributed by atoms with E-state index in [4.69, 9.17) is 27.9 Å². The van der Waals surface area contributed by atoms with Crippen molar-refractivity contribution in [1.82, 2.24) is 0 Å². The van der Waals surface area contributed by atoms with Crippen molar-refractivity contribution in [2.24, 2.45) is 5.92 Å². The normalized spacial score (nSPS) is 23.6. The van der Waals surface area contributed by atoms with Gasteiger partial charge in [-0.2, -0.15) is 0 Å². The van der Waals surface area contributed by atoms with E-state index in [-0.39, 0.29) is 17.9 Å².